The van der Waals surface area contributed by atoms with Gasteiger partial charge in [-0.15, -0.1) is 0 Å². The third-order valence-corrected chi connectivity index (χ3v) is 4.41. The molecule has 0 radical (unpaired) electrons. The predicted molar refractivity (Wildman–Crippen MR) is 105 cm³/mol. The predicted octanol–water partition coefficient (Wildman–Crippen LogP) is 3.82. The van der Waals surface area contributed by atoms with Crippen LogP contribution in [0.4, 0.5) is 5.69 Å². The number of carbonyl (C=O) groups is 1. The second-order valence-electron chi connectivity index (χ2n) is 6.24. The van der Waals surface area contributed by atoms with Gasteiger partial charge < -0.3 is 14.8 Å². The summed E-state index contributed by atoms with van der Waals surface area (Å²) in [7, 11) is 3.11. The highest BCUT2D eigenvalue weighted by molar-refractivity contribution is 6.05. The molecule has 3 rings (SSSR count). The van der Waals surface area contributed by atoms with Crippen molar-refractivity contribution in [3.63, 3.8) is 0 Å². The van der Waals surface area contributed by atoms with Crippen molar-refractivity contribution in [1.29, 1.82) is 0 Å². The number of aryl methyl sites for hydroxylation is 1. The molecule has 0 spiro atoms. The van der Waals surface area contributed by atoms with Crippen molar-refractivity contribution >= 4 is 11.6 Å². The summed E-state index contributed by atoms with van der Waals surface area (Å²) in [6, 6.07) is 15.2. The lowest BCUT2D eigenvalue weighted by atomic mass is 10.1. The number of hydrogen-bond donors (Lipinski definition) is 1. The molecule has 3 aromatic rings. The maximum absolute atomic E-state index is 12.8. The van der Waals surface area contributed by atoms with Gasteiger partial charge in [0.05, 0.1) is 37.8 Å². The minimum Gasteiger partial charge on any atom is -0.497 e. The minimum atomic E-state index is -0.238. The van der Waals surface area contributed by atoms with Gasteiger partial charge in [0.25, 0.3) is 5.91 Å². The molecule has 27 heavy (non-hydrogen) atoms. The van der Waals surface area contributed by atoms with Gasteiger partial charge in [-0.3, -0.25) is 9.48 Å². The van der Waals surface area contributed by atoms with E-state index in [4.69, 9.17) is 9.47 Å². The zero-order chi connectivity index (χ0) is 19.4. The molecule has 1 aromatic heterocycles. The van der Waals surface area contributed by atoms with Gasteiger partial charge in [0.2, 0.25) is 0 Å². The third-order valence-electron chi connectivity index (χ3n) is 4.41. The summed E-state index contributed by atoms with van der Waals surface area (Å²) < 4.78 is 12.4. The fourth-order valence-electron chi connectivity index (χ4n) is 2.91. The summed E-state index contributed by atoms with van der Waals surface area (Å²) in [4.78, 5) is 12.8. The number of nitrogens with one attached hydrogen (secondary N) is 1. The number of rotatable bonds is 6. The second-order valence-corrected chi connectivity index (χ2v) is 6.24. The first-order valence-electron chi connectivity index (χ1n) is 8.64. The minimum absolute atomic E-state index is 0.238. The van der Waals surface area contributed by atoms with Crippen LogP contribution in [0.3, 0.4) is 0 Å². The van der Waals surface area contributed by atoms with Crippen molar-refractivity contribution in [2.24, 2.45) is 0 Å². The molecule has 0 saturated carbocycles. The summed E-state index contributed by atoms with van der Waals surface area (Å²) >= 11 is 0. The molecule has 0 aliphatic carbocycles. The lowest BCUT2D eigenvalue weighted by molar-refractivity contribution is 0.102. The highest BCUT2D eigenvalue weighted by Gasteiger charge is 2.17. The van der Waals surface area contributed by atoms with E-state index in [-0.39, 0.29) is 5.91 Å². The molecule has 0 saturated heterocycles. The molecular formula is C21H23N3O3. The first-order chi connectivity index (χ1) is 13.0. The van der Waals surface area contributed by atoms with Gasteiger partial charge in [-0.1, -0.05) is 30.3 Å². The number of benzene rings is 2. The first kappa shape index (κ1) is 18.5. The van der Waals surface area contributed by atoms with Gasteiger partial charge in [0.1, 0.15) is 11.5 Å². The van der Waals surface area contributed by atoms with Gasteiger partial charge in [-0.25, -0.2) is 0 Å². The first-order valence-corrected chi connectivity index (χ1v) is 8.64. The monoisotopic (exact) mass is 365 g/mol. The van der Waals surface area contributed by atoms with Crippen LogP contribution in [0.15, 0.2) is 48.5 Å². The molecule has 6 nitrogen and oxygen atoms in total. The Hall–Kier alpha value is -3.28. The van der Waals surface area contributed by atoms with E-state index in [1.165, 1.54) is 0 Å². The average molecular weight is 365 g/mol. The number of carbonyl (C=O) groups excluding carboxylic acids is 1. The fraction of sp³-hybridized carbons (Fsp3) is 0.238. The second kappa shape index (κ2) is 7.95. The number of hydrogen-bond acceptors (Lipinski definition) is 4. The van der Waals surface area contributed by atoms with Gasteiger partial charge in [0.15, 0.2) is 0 Å². The normalized spacial score (nSPS) is 10.5. The van der Waals surface area contributed by atoms with Gasteiger partial charge in [0, 0.05) is 11.6 Å². The molecule has 0 aliphatic rings. The summed E-state index contributed by atoms with van der Waals surface area (Å²) in [5.74, 6) is 0.887. The van der Waals surface area contributed by atoms with Crippen LogP contribution in [0.5, 0.6) is 11.5 Å². The average Bonchev–Trinajstić information content (AvgIpc) is 2.95. The Morgan fingerprint density at radius 2 is 1.67 bits per heavy atom. The Labute approximate surface area is 158 Å². The van der Waals surface area contributed by atoms with Gasteiger partial charge in [-0.2, -0.15) is 5.10 Å². The Morgan fingerprint density at radius 3 is 2.26 bits per heavy atom. The summed E-state index contributed by atoms with van der Waals surface area (Å²) in [6.45, 7) is 4.48. The molecule has 0 fully saturated rings. The van der Waals surface area contributed by atoms with Crippen LogP contribution in [-0.4, -0.2) is 29.9 Å². The Morgan fingerprint density at radius 1 is 1.04 bits per heavy atom. The number of ether oxygens (including phenoxy) is 2. The van der Waals surface area contributed by atoms with Crippen molar-refractivity contribution in [3.8, 4) is 11.5 Å². The maximum atomic E-state index is 12.8. The molecule has 0 atom stereocenters. The Balaban J connectivity index is 1.84. The van der Waals surface area contributed by atoms with Crippen LogP contribution >= 0.6 is 0 Å². The summed E-state index contributed by atoms with van der Waals surface area (Å²) in [5, 5.41) is 7.54. The molecule has 1 heterocycles. The highest BCUT2D eigenvalue weighted by atomic mass is 16.5. The molecular weight excluding hydrogens is 342 g/mol. The third kappa shape index (κ3) is 4.11. The topological polar surface area (TPSA) is 65.4 Å². The lowest BCUT2D eigenvalue weighted by Crippen LogP contribution is -2.13. The largest absolute Gasteiger partial charge is 0.497 e. The van der Waals surface area contributed by atoms with E-state index in [1.807, 2.05) is 36.7 Å². The van der Waals surface area contributed by atoms with Gasteiger partial charge >= 0.3 is 0 Å². The molecule has 2 aromatic carbocycles. The summed E-state index contributed by atoms with van der Waals surface area (Å²) in [6.07, 6.45) is 0. The van der Waals surface area contributed by atoms with Crippen LogP contribution in [0, 0.1) is 13.8 Å². The standard InChI is InChI=1S/C21H23N3O3/c1-14-20(15(2)24(23-14)13-16-8-6-5-7-9-16)22-21(25)17-10-18(26-3)12-19(11-17)27-4/h5-12H,13H2,1-4H3,(H,22,25). The molecule has 0 bridgehead atoms. The molecule has 140 valence electrons. The fourth-order valence-corrected chi connectivity index (χ4v) is 2.91. The Kier molecular flexibility index (Phi) is 5.45. The van der Waals surface area contributed by atoms with Crippen molar-refractivity contribution in [3.05, 3.63) is 71.0 Å². The molecule has 6 heteroatoms. The number of amides is 1. The molecule has 0 unspecified atom stereocenters. The van der Waals surface area contributed by atoms with E-state index in [2.05, 4.69) is 22.5 Å². The van der Waals surface area contributed by atoms with E-state index in [9.17, 15) is 4.79 Å². The van der Waals surface area contributed by atoms with Gasteiger partial charge in [-0.05, 0) is 31.5 Å². The molecule has 0 aliphatic heterocycles. The number of anilines is 1. The molecule has 1 amide bonds. The zero-order valence-electron chi connectivity index (χ0n) is 15.9. The molecule has 1 N–H and O–H groups in total. The number of methoxy groups -OCH3 is 2. The number of aromatic nitrogens is 2. The van der Waals surface area contributed by atoms with Crippen LogP contribution < -0.4 is 14.8 Å². The van der Waals surface area contributed by atoms with E-state index in [0.717, 1.165) is 22.6 Å². The van der Waals surface area contributed by atoms with Crippen molar-refractivity contribution in [1.82, 2.24) is 9.78 Å². The van der Waals surface area contributed by atoms with Crippen LogP contribution in [-0.2, 0) is 6.54 Å². The Bertz CT molecular complexity index is 927. The number of nitrogens with zero attached hydrogens (tertiary/aromatic N) is 2. The quantitative estimate of drug-likeness (QED) is 0.721. The van der Waals surface area contributed by atoms with Crippen LogP contribution in [0.25, 0.3) is 0 Å². The maximum Gasteiger partial charge on any atom is 0.256 e. The van der Waals surface area contributed by atoms with E-state index >= 15 is 0 Å². The lowest BCUT2D eigenvalue weighted by Gasteiger charge is -2.10. The SMILES string of the molecule is COc1cc(OC)cc(C(=O)Nc2c(C)nn(Cc3ccccc3)c2C)c1. The zero-order valence-corrected chi connectivity index (χ0v) is 15.9. The van der Waals surface area contributed by atoms with E-state index < -0.39 is 0 Å². The summed E-state index contributed by atoms with van der Waals surface area (Å²) in [5.41, 5.74) is 4.00. The van der Waals surface area contributed by atoms with Crippen LogP contribution in [0.1, 0.15) is 27.3 Å². The van der Waals surface area contributed by atoms with E-state index in [0.29, 0.717) is 23.6 Å². The van der Waals surface area contributed by atoms with Crippen LogP contribution in [0.2, 0.25) is 0 Å². The van der Waals surface area contributed by atoms with Crippen molar-refractivity contribution < 1.29 is 14.3 Å². The van der Waals surface area contributed by atoms with E-state index in [1.54, 1.807) is 32.4 Å². The van der Waals surface area contributed by atoms with Crippen molar-refractivity contribution in [2.75, 3.05) is 19.5 Å². The highest BCUT2D eigenvalue weighted by Crippen LogP contribution is 2.25. The smallest absolute Gasteiger partial charge is 0.256 e. The van der Waals surface area contributed by atoms with Crippen molar-refractivity contribution in [2.45, 2.75) is 20.4 Å².